The fourth-order valence-corrected chi connectivity index (χ4v) is 5.44. The van der Waals surface area contributed by atoms with Crippen molar-refractivity contribution >= 4 is 12.4 Å². The van der Waals surface area contributed by atoms with E-state index in [-0.39, 0.29) is 12.4 Å². The summed E-state index contributed by atoms with van der Waals surface area (Å²) in [5, 5.41) is 0. The molecule has 1 nitrogen and oxygen atoms in total. The van der Waals surface area contributed by atoms with Gasteiger partial charge in [-0.15, -0.1) is 12.4 Å². The van der Waals surface area contributed by atoms with Crippen LogP contribution in [0.15, 0.2) is 24.6 Å². The van der Waals surface area contributed by atoms with Crippen LogP contribution < -0.4 is 0 Å². The van der Waals surface area contributed by atoms with Crippen molar-refractivity contribution in [3.63, 3.8) is 0 Å². The Morgan fingerprint density at radius 3 is 0.769 bits per heavy atom. The third kappa shape index (κ3) is 37.6. The quantitative estimate of drug-likeness (QED) is 0.0730. The highest BCUT2D eigenvalue weighted by Crippen LogP contribution is 2.15. The van der Waals surface area contributed by atoms with E-state index in [4.69, 9.17) is 0 Å². The molecule has 0 aliphatic heterocycles. The van der Waals surface area contributed by atoms with Crippen molar-refractivity contribution in [1.82, 2.24) is 4.90 Å². The van der Waals surface area contributed by atoms with Gasteiger partial charge >= 0.3 is 0 Å². The topological polar surface area (TPSA) is 3.24 Å². The number of allylic oxidation sites excluding steroid dienone is 2. The summed E-state index contributed by atoms with van der Waals surface area (Å²) in [5.74, 6) is 0. The molecule has 0 atom stereocenters. The van der Waals surface area contributed by atoms with Crippen LogP contribution in [0.25, 0.3) is 0 Å². The number of hydrogen-bond donors (Lipinski definition) is 0. The lowest BCUT2D eigenvalue weighted by Crippen LogP contribution is -1.99. The Labute approximate surface area is 254 Å². The normalized spacial score (nSPS) is 11.6. The van der Waals surface area contributed by atoms with E-state index in [1.54, 1.807) is 0 Å². The van der Waals surface area contributed by atoms with E-state index in [9.17, 15) is 0 Å². The van der Waals surface area contributed by atoms with Crippen molar-refractivity contribution < 1.29 is 0 Å². The first kappa shape index (κ1) is 40.7. The summed E-state index contributed by atoms with van der Waals surface area (Å²) in [6.45, 7) is 4.60. The second-order valence-electron chi connectivity index (χ2n) is 12.2. The molecule has 0 spiro atoms. The Kier molecular flexibility index (Phi) is 39.2. The van der Waals surface area contributed by atoms with Gasteiger partial charge in [-0.1, -0.05) is 193 Å². The summed E-state index contributed by atoms with van der Waals surface area (Å²) in [7, 11) is 2.17. The zero-order valence-corrected chi connectivity index (χ0v) is 28.2. The molecule has 0 rings (SSSR count). The largest absolute Gasteiger partial charge is 0.358 e. The van der Waals surface area contributed by atoms with Gasteiger partial charge in [0, 0.05) is 7.05 Å². The van der Waals surface area contributed by atoms with E-state index < -0.39 is 0 Å². The van der Waals surface area contributed by atoms with Gasteiger partial charge in [0.2, 0.25) is 0 Å². The van der Waals surface area contributed by atoms with E-state index in [1.165, 1.54) is 193 Å². The van der Waals surface area contributed by atoms with Crippen LogP contribution >= 0.6 is 12.4 Å². The first-order valence-corrected chi connectivity index (χ1v) is 17.9. The summed E-state index contributed by atoms with van der Waals surface area (Å²) in [6, 6.07) is 0. The molecule has 0 aromatic heterocycles. The first-order chi connectivity index (χ1) is 18.8. The molecule has 0 bridgehead atoms. The minimum absolute atomic E-state index is 0. The summed E-state index contributed by atoms with van der Waals surface area (Å²) in [5.41, 5.74) is 0. The zero-order valence-electron chi connectivity index (χ0n) is 27.4. The molecule has 0 unspecified atom stereocenters. The van der Waals surface area contributed by atoms with Crippen molar-refractivity contribution in [2.45, 2.75) is 206 Å². The second kappa shape index (κ2) is 37.6. The molecule has 234 valence electrons. The van der Waals surface area contributed by atoms with E-state index >= 15 is 0 Å². The number of nitrogens with zero attached hydrogens (tertiary/aromatic N) is 1. The van der Waals surface area contributed by atoms with Gasteiger partial charge in [-0.3, -0.25) is 0 Å². The van der Waals surface area contributed by atoms with E-state index in [1.807, 2.05) is 0 Å². The smallest absolute Gasteiger partial charge is 0.0106 e. The molecule has 0 fully saturated rings. The molecule has 0 amide bonds. The first-order valence-electron chi connectivity index (χ1n) is 17.9. The van der Waals surface area contributed by atoms with Crippen molar-refractivity contribution in [1.29, 1.82) is 0 Å². The third-order valence-electron chi connectivity index (χ3n) is 8.13. The molecule has 39 heavy (non-hydrogen) atoms. The molecular weight excluding hydrogens is 494 g/mol. The van der Waals surface area contributed by atoms with Crippen LogP contribution in [-0.2, 0) is 0 Å². The van der Waals surface area contributed by atoms with Crippen molar-refractivity contribution in [3.05, 3.63) is 24.6 Å². The zero-order chi connectivity index (χ0) is 27.6. The monoisotopic (exact) mass is 568 g/mol. The summed E-state index contributed by atoms with van der Waals surface area (Å²) in [6.07, 6.45) is 52.0. The van der Waals surface area contributed by atoms with Gasteiger partial charge in [0.1, 0.15) is 0 Å². The highest BCUT2D eigenvalue weighted by atomic mass is 35.5. The van der Waals surface area contributed by atoms with E-state index in [2.05, 4.69) is 50.3 Å². The Balaban J connectivity index is 0. The molecular formula is C37H74ClN. The average molecular weight is 568 g/mol. The predicted octanol–water partition coefficient (Wildman–Crippen LogP) is 14.1. The summed E-state index contributed by atoms with van der Waals surface area (Å²) < 4.78 is 0. The fourth-order valence-electron chi connectivity index (χ4n) is 5.44. The van der Waals surface area contributed by atoms with Crippen LogP contribution in [0.5, 0.6) is 0 Å². The molecule has 0 aromatic carbocycles. The van der Waals surface area contributed by atoms with Gasteiger partial charge in [0.25, 0.3) is 0 Å². The average Bonchev–Trinajstić information content (AvgIpc) is 2.92. The predicted molar refractivity (Wildman–Crippen MR) is 183 cm³/mol. The van der Waals surface area contributed by atoms with Crippen molar-refractivity contribution in [3.8, 4) is 0 Å². The highest BCUT2D eigenvalue weighted by Gasteiger charge is 1.95. The van der Waals surface area contributed by atoms with Gasteiger partial charge in [0.05, 0.1) is 0 Å². The standard InChI is InChI=1S/C37H73N.ClH/c1-4-6-8-10-12-14-16-18-20-22-24-26-28-30-32-34-36-38(3)37-35-33-31-29-27-25-23-21-19-17-15-13-11-9-7-5-2;/h34-37H,4-33H2,1-3H3;1H. The molecule has 0 aliphatic rings. The lowest BCUT2D eigenvalue weighted by atomic mass is 10.0. The molecule has 0 heterocycles. The van der Waals surface area contributed by atoms with Crippen molar-refractivity contribution in [2.24, 2.45) is 0 Å². The Morgan fingerprint density at radius 2 is 0.538 bits per heavy atom. The molecule has 0 saturated heterocycles. The van der Waals surface area contributed by atoms with Crippen LogP contribution in [-0.4, -0.2) is 11.9 Å². The highest BCUT2D eigenvalue weighted by molar-refractivity contribution is 5.85. The maximum absolute atomic E-state index is 2.36. The van der Waals surface area contributed by atoms with Crippen LogP contribution in [0, 0.1) is 0 Å². The Morgan fingerprint density at radius 1 is 0.333 bits per heavy atom. The maximum atomic E-state index is 2.36. The van der Waals surface area contributed by atoms with Crippen LogP contribution in [0.4, 0.5) is 0 Å². The van der Waals surface area contributed by atoms with Crippen LogP contribution in [0.3, 0.4) is 0 Å². The third-order valence-corrected chi connectivity index (χ3v) is 8.13. The van der Waals surface area contributed by atoms with E-state index in [0.29, 0.717) is 0 Å². The minimum Gasteiger partial charge on any atom is -0.358 e. The van der Waals surface area contributed by atoms with Crippen molar-refractivity contribution in [2.75, 3.05) is 7.05 Å². The summed E-state index contributed by atoms with van der Waals surface area (Å²) >= 11 is 0. The number of rotatable bonds is 32. The molecule has 2 heteroatoms. The lowest BCUT2D eigenvalue weighted by Gasteiger charge is -2.07. The van der Waals surface area contributed by atoms with Gasteiger partial charge in [-0.25, -0.2) is 0 Å². The van der Waals surface area contributed by atoms with Gasteiger partial charge in [-0.2, -0.15) is 0 Å². The molecule has 0 aromatic rings. The van der Waals surface area contributed by atoms with E-state index in [0.717, 1.165) is 0 Å². The lowest BCUT2D eigenvalue weighted by molar-refractivity contribution is 0.535. The molecule has 0 radical (unpaired) electrons. The summed E-state index contributed by atoms with van der Waals surface area (Å²) in [4.78, 5) is 2.23. The maximum Gasteiger partial charge on any atom is 0.0106 e. The SMILES string of the molecule is CCCCCCCCCCCCCCCCC=CN(C)C=CCCCCCCCCCCCCCCCC.Cl. The fraction of sp³-hybridized carbons (Fsp3) is 0.892. The molecule has 0 N–H and O–H groups in total. The Hall–Kier alpha value is -0.430. The second-order valence-corrected chi connectivity index (χ2v) is 12.2. The Bertz CT molecular complexity index is 430. The molecule has 0 aliphatic carbocycles. The van der Waals surface area contributed by atoms with Gasteiger partial charge in [0.15, 0.2) is 0 Å². The van der Waals surface area contributed by atoms with Crippen LogP contribution in [0.2, 0.25) is 0 Å². The number of unbranched alkanes of at least 4 members (excludes halogenated alkanes) is 28. The van der Waals surface area contributed by atoms with Gasteiger partial charge < -0.3 is 4.90 Å². The van der Waals surface area contributed by atoms with Crippen LogP contribution in [0.1, 0.15) is 206 Å². The molecule has 0 saturated carbocycles. The number of halogens is 1. The minimum atomic E-state index is 0. The van der Waals surface area contributed by atoms with Gasteiger partial charge in [-0.05, 0) is 38.1 Å². The number of hydrogen-bond acceptors (Lipinski definition) is 1.